The molecule has 1 saturated carbocycles. The second-order valence-corrected chi connectivity index (χ2v) is 11.6. The molecule has 0 N–H and O–H groups in total. The number of carbonyl (C=O) groups excluding carboxylic acids is 4. The molecule has 2 saturated heterocycles. The second kappa shape index (κ2) is 9.35. The second-order valence-electron chi connectivity index (χ2n) is 11.6. The Kier molecular flexibility index (Phi) is 5.80. The first-order valence-corrected chi connectivity index (χ1v) is 14.2. The van der Waals surface area contributed by atoms with Gasteiger partial charge in [-0.25, -0.2) is 0 Å². The molecule has 4 aromatic rings. The smallest absolute Gasteiger partial charge is 0.244 e. The highest BCUT2D eigenvalue weighted by Crippen LogP contribution is 2.69. The van der Waals surface area contributed by atoms with E-state index in [1.807, 2.05) is 121 Å². The predicted molar refractivity (Wildman–Crippen MR) is 157 cm³/mol. The van der Waals surface area contributed by atoms with Crippen LogP contribution in [0.5, 0.6) is 0 Å². The van der Waals surface area contributed by atoms with Crippen molar-refractivity contribution in [3.05, 3.63) is 144 Å². The van der Waals surface area contributed by atoms with Gasteiger partial charge in [-0.2, -0.15) is 0 Å². The van der Waals surface area contributed by atoms with Crippen LogP contribution in [-0.2, 0) is 30.0 Å². The van der Waals surface area contributed by atoms with Crippen LogP contribution in [0.15, 0.2) is 121 Å². The molecule has 3 aliphatic rings. The maximum absolute atomic E-state index is 14.8. The molecule has 2 aliphatic heterocycles. The van der Waals surface area contributed by atoms with Gasteiger partial charge in [-0.15, -0.1) is 0 Å². The summed E-state index contributed by atoms with van der Waals surface area (Å²) in [5, 5.41) is 0. The third kappa shape index (κ3) is 3.09. The maximum atomic E-state index is 14.8. The van der Waals surface area contributed by atoms with Crippen molar-refractivity contribution in [2.75, 3.05) is 14.1 Å². The number of fused-ring (bicyclic) bond motifs is 4. The molecule has 7 rings (SSSR count). The van der Waals surface area contributed by atoms with Gasteiger partial charge in [0.2, 0.25) is 23.6 Å². The summed E-state index contributed by atoms with van der Waals surface area (Å²) in [5.41, 5.74) is 0.348. The van der Waals surface area contributed by atoms with Crippen LogP contribution in [0.25, 0.3) is 0 Å². The Balaban J connectivity index is 1.61. The summed E-state index contributed by atoms with van der Waals surface area (Å²) in [6.45, 7) is 0. The van der Waals surface area contributed by atoms with Gasteiger partial charge >= 0.3 is 0 Å². The molecule has 0 unspecified atom stereocenters. The first-order chi connectivity index (χ1) is 20.4. The number of benzene rings is 4. The van der Waals surface area contributed by atoms with Crippen LogP contribution in [0, 0.1) is 23.7 Å². The summed E-state index contributed by atoms with van der Waals surface area (Å²) in [6.07, 6.45) is 0. The van der Waals surface area contributed by atoms with E-state index < -0.39 is 34.5 Å². The molecule has 2 heterocycles. The van der Waals surface area contributed by atoms with E-state index in [9.17, 15) is 19.2 Å². The van der Waals surface area contributed by atoms with Crippen molar-refractivity contribution < 1.29 is 19.2 Å². The first-order valence-electron chi connectivity index (χ1n) is 14.2. The van der Waals surface area contributed by atoms with Crippen molar-refractivity contribution in [3.8, 4) is 0 Å². The number of carbonyl (C=O) groups is 4. The minimum atomic E-state index is -1.30. The van der Waals surface area contributed by atoms with Crippen LogP contribution in [0.2, 0.25) is 0 Å². The Hall–Kier alpha value is -4.84. The Morgan fingerprint density at radius 1 is 0.429 bits per heavy atom. The molecule has 6 nitrogen and oxygen atoms in total. The van der Waals surface area contributed by atoms with Crippen LogP contribution in [0.4, 0.5) is 0 Å². The van der Waals surface area contributed by atoms with Crippen molar-refractivity contribution in [1.82, 2.24) is 9.80 Å². The average Bonchev–Trinajstić information content (AvgIpc) is 3.04. The molecule has 0 spiro atoms. The summed E-state index contributed by atoms with van der Waals surface area (Å²) < 4.78 is 0. The molecule has 0 radical (unpaired) electrons. The van der Waals surface area contributed by atoms with Crippen LogP contribution < -0.4 is 0 Å². The van der Waals surface area contributed by atoms with Crippen molar-refractivity contribution in [2.24, 2.45) is 23.7 Å². The summed E-state index contributed by atoms with van der Waals surface area (Å²) in [4.78, 5) is 60.1. The zero-order valence-corrected chi connectivity index (χ0v) is 23.4. The van der Waals surface area contributed by atoms with E-state index in [2.05, 4.69) is 0 Å². The third-order valence-electron chi connectivity index (χ3n) is 9.98. The van der Waals surface area contributed by atoms with Gasteiger partial charge in [0.25, 0.3) is 0 Å². The van der Waals surface area contributed by atoms with Gasteiger partial charge < -0.3 is 0 Å². The minimum absolute atomic E-state index is 0.349. The summed E-state index contributed by atoms with van der Waals surface area (Å²) in [5.74, 6) is -4.34. The molecule has 4 amide bonds. The molecular formula is C36H30N2O4. The van der Waals surface area contributed by atoms with Gasteiger partial charge in [0.05, 0.1) is 11.8 Å². The zero-order valence-electron chi connectivity index (χ0n) is 23.4. The normalized spacial score (nSPS) is 25.9. The highest BCUT2D eigenvalue weighted by Gasteiger charge is 2.78. The number of amides is 4. The van der Waals surface area contributed by atoms with Crippen molar-refractivity contribution in [2.45, 2.75) is 10.8 Å². The molecule has 42 heavy (non-hydrogen) atoms. The fourth-order valence-corrected chi connectivity index (χ4v) is 8.30. The lowest BCUT2D eigenvalue weighted by Crippen LogP contribution is -2.80. The third-order valence-corrected chi connectivity index (χ3v) is 9.98. The van der Waals surface area contributed by atoms with Gasteiger partial charge in [0.1, 0.15) is 10.8 Å². The maximum Gasteiger partial charge on any atom is 0.244 e. The Morgan fingerprint density at radius 2 is 0.667 bits per heavy atom. The zero-order chi connectivity index (χ0) is 29.2. The van der Waals surface area contributed by atoms with Crippen LogP contribution in [0.3, 0.4) is 0 Å². The van der Waals surface area contributed by atoms with E-state index in [0.717, 1.165) is 22.3 Å². The average molecular weight is 555 g/mol. The number of imide groups is 2. The number of nitrogens with zero attached hydrogens (tertiary/aromatic N) is 2. The van der Waals surface area contributed by atoms with E-state index in [-0.39, 0.29) is 23.6 Å². The van der Waals surface area contributed by atoms with Gasteiger partial charge in [-0.05, 0) is 34.1 Å². The predicted octanol–water partition coefficient (Wildman–Crippen LogP) is 4.43. The Bertz CT molecular complexity index is 1500. The monoisotopic (exact) mass is 554 g/mol. The molecule has 0 aromatic heterocycles. The van der Waals surface area contributed by atoms with Crippen LogP contribution in [-0.4, -0.2) is 47.5 Å². The van der Waals surface area contributed by atoms with E-state index in [1.165, 1.54) is 23.9 Å². The molecule has 208 valence electrons. The fraction of sp³-hybridized carbons (Fsp3) is 0.222. The summed E-state index contributed by atoms with van der Waals surface area (Å²) >= 11 is 0. The van der Waals surface area contributed by atoms with Crippen molar-refractivity contribution >= 4 is 23.6 Å². The lowest BCUT2D eigenvalue weighted by atomic mass is 9.35. The lowest BCUT2D eigenvalue weighted by Gasteiger charge is -2.68. The molecule has 6 heteroatoms. The molecular weight excluding hydrogens is 524 g/mol. The van der Waals surface area contributed by atoms with Gasteiger partial charge in [0.15, 0.2) is 0 Å². The lowest BCUT2D eigenvalue weighted by molar-refractivity contribution is -0.203. The Labute approximate surface area is 244 Å². The largest absolute Gasteiger partial charge is 0.284 e. The highest BCUT2D eigenvalue weighted by atomic mass is 16.2. The fourth-order valence-electron chi connectivity index (χ4n) is 8.30. The van der Waals surface area contributed by atoms with Crippen LogP contribution >= 0.6 is 0 Å². The molecule has 0 bridgehead atoms. The number of hydrogen-bond donors (Lipinski definition) is 0. The standard InChI is InChI=1S/C36H30N2O4/c1-37-31(39)27-28-30(29(27)35(33(37)41,23-15-7-3-8-16-23)24-17-9-4-10-18-24)36(25-19-11-5-12-20-25,26-21-13-6-14-22-26)34(42)38(2)32(28)40/h3-22,27-30H,1-2H3/t27-,28-,29-,30-/m0/s1. The quantitative estimate of drug-likeness (QED) is 0.350. The summed E-state index contributed by atoms with van der Waals surface area (Å²) in [7, 11) is 3.03. The van der Waals surface area contributed by atoms with Gasteiger partial charge in [-0.3, -0.25) is 29.0 Å². The number of rotatable bonds is 4. The number of likely N-dealkylation sites (tertiary alicyclic amines) is 2. The Morgan fingerprint density at radius 3 is 0.905 bits per heavy atom. The molecule has 1 aliphatic carbocycles. The van der Waals surface area contributed by atoms with E-state index in [1.54, 1.807) is 0 Å². The molecule has 3 fully saturated rings. The van der Waals surface area contributed by atoms with Gasteiger partial charge in [-0.1, -0.05) is 121 Å². The van der Waals surface area contributed by atoms with E-state index in [4.69, 9.17) is 0 Å². The van der Waals surface area contributed by atoms with Gasteiger partial charge in [0, 0.05) is 14.1 Å². The minimum Gasteiger partial charge on any atom is -0.284 e. The number of hydrogen-bond acceptors (Lipinski definition) is 4. The topological polar surface area (TPSA) is 74.8 Å². The SMILES string of the molecule is CN1C(=O)[C@H]2[C@@H]3C(=O)N(C)C(=O)C(c4ccccc4)(c4ccccc4)[C@@H]3[C@H]2C(c2ccccc2)(c2ccccc2)C1=O. The van der Waals surface area contributed by atoms with Crippen molar-refractivity contribution in [3.63, 3.8) is 0 Å². The van der Waals surface area contributed by atoms with E-state index in [0.29, 0.717) is 0 Å². The number of likely N-dealkylation sites (N-methyl/N-ethyl adjacent to an activating group) is 2. The number of piperidine rings is 2. The first kappa shape index (κ1) is 26.1. The van der Waals surface area contributed by atoms with Crippen molar-refractivity contribution in [1.29, 1.82) is 0 Å². The summed E-state index contributed by atoms with van der Waals surface area (Å²) in [6, 6.07) is 38.1. The van der Waals surface area contributed by atoms with E-state index >= 15 is 0 Å². The molecule has 4 atom stereocenters. The highest BCUT2D eigenvalue weighted by molar-refractivity contribution is 6.14. The van der Waals surface area contributed by atoms with Crippen LogP contribution in [0.1, 0.15) is 22.3 Å². The molecule has 4 aromatic carbocycles.